The Hall–Kier alpha value is -1.18. The molecule has 0 bridgehead atoms. The zero-order chi connectivity index (χ0) is 10.5. The highest BCUT2D eigenvalue weighted by Crippen LogP contribution is 2.12. The SMILES string of the molecule is C#C/N=C(/NCC(F)(F)F)C(C)C. The predicted octanol–water partition coefficient (Wildman–Crippen LogP) is 1.78. The molecule has 0 saturated carbocycles. The Labute approximate surface area is 75.2 Å². The lowest BCUT2D eigenvalue weighted by atomic mass is 10.2. The van der Waals surface area contributed by atoms with Crippen molar-refractivity contribution in [2.45, 2.75) is 20.0 Å². The van der Waals surface area contributed by atoms with E-state index in [9.17, 15) is 13.2 Å². The summed E-state index contributed by atoms with van der Waals surface area (Å²) in [7, 11) is 0. The molecule has 13 heavy (non-hydrogen) atoms. The van der Waals surface area contributed by atoms with E-state index in [2.05, 4.69) is 10.3 Å². The number of terminal acetylenes is 1. The first kappa shape index (κ1) is 11.8. The van der Waals surface area contributed by atoms with Gasteiger partial charge >= 0.3 is 6.18 Å². The molecule has 0 aliphatic heterocycles. The minimum absolute atomic E-state index is 0.140. The van der Waals surface area contributed by atoms with Crippen molar-refractivity contribution in [2.24, 2.45) is 10.9 Å². The fourth-order valence-corrected chi connectivity index (χ4v) is 0.633. The van der Waals surface area contributed by atoms with Gasteiger partial charge in [0, 0.05) is 12.0 Å². The second-order valence-corrected chi connectivity index (χ2v) is 2.75. The number of amidine groups is 1. The quantitative estimate of drug-likeness (QED) is 0.402. The molecule has 0 rings (SSSR count). The Morgan fingerprint density at radius 3 is 2.38 bits per heavy atom. The van der Waals surface area contributed by atoms with E-state index in [1.54, 1.807) is 13.8 Å². The van der Waals surface area contributed by atoms with Gasteiger partial charge in [0.15, 0.2) is 0 Å². The maximum absolute atomic E-state index is 11.8. The van der Waals surface area contributed by atoms with Gasteiger partial charge in [0.05, 0.1) is 0 Å². The van der Waals surface area contributed by atoms with Crippen molar-refractivity contribution >= 4 is 5.84 Å². The third-order valence-electron chi connectivity index (χ3n) is 1.20. The van der Waals surface area contributed by atoms with Gasteiger partial charge in [-0.3, -0.25) is 0 Å². The minimum Gasteiger partial charge on any atom is -0.364 e. The summed E-state index contributed by atoms with van der Waals surface area (Å²) in [6.07, 6.45) is 0.602. The number of aliphatic imine (C=N–C) groups is 1. The Morgan fingerprint density at radius 1 is 1.54 bits per heavy atom. The molecule has 1 N–H and O–H groups in total. The van der Waals surface area contributed by atoms with Gasteiger partial charge in [0.2, 0.25) is 0 Å². The number of hydrogen-bond acceptors (Lipinski definition) is 1. The van der Waals surface area contributed by atoms with Gasteiger partial charge < -0.3 is 5.32 Å². The molecule has 0 aromatic carbocycles. The first-order valence-corrected chi connectivity index (χ1v) is 3.70. The van der Waals surface area contributed by atoms with E-state index in [1.807, 2.05) is 6.04 Å². The number of halogens is 3. The first-order valence-electron chi connectivity index (χ1n) is 3.70. The van der Waals surface area contributed by atoms with Crippen LogP contribution in [-0.2, 0) is 0 Å². The van der Waals surface area contributed by atoms with Crippen LogP contribution >= 0.6 is 0 Å². The highest BCUT2D eigenvalue weighted by atomic mass is 19.4. The van der Waals surface area contributed by atoms with Gasteiger partial charge in [0.25, 0.3) is 0 Å². The number of nitrogens with one attached hydrogen (secondary N) is 1. The highest BCUT2D eigenvalue weighted by Gasteiger charge is 2.27. The van der Waals surface area contributed by atoms with Crippen molar-refractivity contribution in [3.05, 3.63) is 0 Å². The third-order valence-corrected chi connectivity index (χ3v) is 1.20. The Bertz CT molecular complexity index is 223. The summed E-state index contributed by atoms with van der Waals surface area (Å²) in [5.74, 6) is 0.0400. The van der Waals surface area contributed by atoms with E-state index >= 15 is 0 Å². The van der Waals surface area contributed by atoms with Crippen LogP contribution in [0.1, 0.15) is 13.8 Å². The second-order valence-electron chi connectivity index (χ2n) is 2.75. The van der Waals surface area contributed by atoms with Gasteiger partial charge in [-0.25, -0.2) is 0 Å². The predicted molar refractivity (Wildman–Crippen MR) is 45.2 cm³/mol. The van der Waals surface area contributed by atoms with Crippen molar-refractivity contribution in [3.63, 3.8) is 0 Å². The Morgan fingerprint density at radius 2 is 2.08 bits per heavy atom. The number of nitrogens with zero attached hydrogens (tertiary/aromatic N) is 1. The van der Waals surface area contributed by atoms with Crippen LogP contribution in [0.4, 0.5) is 13.2 Å². The van der Waals surface area contributed by atoms with Gasteiger partial charge in [-0.1, -0.05) is 20.3 Å². The van der Waals surface area contributed by atoms with Crippen molar-refractivity contribution in [1.82, 2.24) is 5.32 Å². The van der Waals surface area contributed by atoms with Crippen LogP contribution < -0.4 is 5.32 Å². The zero-order valence-electron chi connectivity index (χ0n) is 7.44. The van der Waals surface area contributed by atoms with E-state index in [4.69, 9.17) is 6.42 Å². The van der Waals surface area contributed by atoms with Crippen LogP contribution in [0.5, 0.6) is 0 Å². The molecular weight excluding hydrogens is 181 g/mol. The molecule has 2 nitrogen and oxygen atoms in total. The standard InChI is InChI=1S/C8H11F3N2/c1-4-12-7(6(2)3)13-5-8(9,10)11/h1,6H,5H2,2-3H3,(H,12,13). The van der Waals surface area contributed by atoms with Crippen LogP contribution in [0.15, 0.2) is 4.99 Å². The molecule has 5 heteroatoms. The van der Waals surface area contributed by atoms with Crippen molar-refractivity contribution in [1.29, 1.82) is 0 Å². The maximum atomic E-state index is 11.8. The summed E-state index contributed by atoms with van der Waals surface area (Å²) >= 11 is 0. The Balaban J connectivity index is 4.16. The van der Waals surface area contributed by atoms with Crippen molar-refractivity contribution < 1.29 is 13.2 Å². The highest BCUT2D eigenvalue weighted by molar-refractivity contribution is 5.84. The van der Waals surface area contributed by atoms with Gasteiger partial charge in [-0.2, -0.15) is 18.2 Å². The average Bonchev–Trinajstić information content (AvgIpc) is 1.95. The lowest BCUT2D eigenvalue weighted by Crippen LogP contribution is -2.36. The fraction of sp³-hybridized carbons (Fsp3) is 0.625. The topological polar surface area (TPSA) is 24.4 Å². The molecule has 0 atom stereocenters. The largest absolute Gasteiger partial charge is 0.405 e. The normalized spacial score (nSPS) is 12.8. The average molecular weight is 192 g/mol. The third kappa shape index (κ3) is 6.02. The maximum Gasteiger partial charge on any atom is 0.405 e. The number of hydrogen-bond donors (Lipinski definition) is 1. The molecule has 0 aromatic rings. The summed E-state index contributed by atoms with van der Waals surface area (Å²) < 4.78 is 35.3. The molecule has 0 saturated heterocycles. The smallest absolute Gasteiger partial charge is 0.364 e. The summed E-state index contributed by atoms with van der Waals surface area (Å²) in [5, 5.41) is 2.14. The van der Waals surface area contributed by atoms with Crippen molar-refractivity contribution in [3.8, 4) is 12.5 Å². The minimum atomic E-state index is -4.25. The Kier molecular flexibility index (Phi) is 4.32. The molecule has 0 amide bonds. The lowest BCUT2D eigenvalue weighted by molar-refractivity contribution is -0.122. The summed E-state index contributed by atoms with van der Waals surface area (Å²) in [6, 6.07) is 1.94. The first-order chi connectivity index (χ1) is 5.87. The molecule has 0 fully saturated rings. The van der Waals surface area contributed by atoms with Crippen molar-refractivity contribution in [2.75, 3.05) is 6.54 Å². The summed E-state index contributed by atoms with van der Waals surface area (Å²) in [6.45, 7) is 2.31. The molecule has 0 aliphatic carbocycles. The molecule has 74 valence electrons. The van der Waals surface area contributed by atoms with Crippen LogP contribution in [0.25, 0.3) is 0 Å². The molecule has 0 spiro atoms. The zero-order valence-corrected chi connectivity index (χ0v) is 7.44. The number of alkyl halides is 3. The van der Waals surface area contributed by atoms with E-state index < -0.39 is 12.7 Å². The summed E-state index contributed by atoms with van der Waals surface area (Å²) in [5.41, 5.74) is 0. The number of rotatable bonds is 2. The summed E-state index contributed by atoms with van der Waals surface area (Å²) in [4.78, 5) is 3.46. The van der Waals surface area contributed by atoms with E-state index in [-0.39, 0.29) is 11.8 Å². The second kappa shape index (κ2) is 4.75. The van der Waals surface area contributed by atoms with Crippen LogP contribution in [0, 0.1) is 18.4 Å². The van der Waals surface area contributed by atoms with E-state index in [0.717, 1.165) is 0 Å². The van der Waals surface area contributed by atoms with Gasteiger partial charge in [-0.05, 0) is 0 Å². The molecular formula is C8H11F3N2. The van der Waals surface area contributed by atoms with Crippen LogP contribution in [-0.4, -0.2) is 18.6 Å². The van der Waals surface area contributed by atoms with Crippen LogP contribution in [0.3, 0.4) is 0 Å². The molecule has 0 aromatic heterocycles. The lowest BCUT2D eigenvalue weighted by Gasteiger charge is -2.13. The van der Waals surface area contributed by atoms with Crippen LogP contribution in [0.2, 0.25) is 0 Å². The molecule has 0 heterocycles. The molecule has 0 unspecified atom stereocenters. The van der Waals surface area contributed by atoms with E-state index in [1.165, 1.54) is 0 Å². The monoisotopic (exact) mass is 192 g/mol. The fourth-order valence-electron chi connectivity index (χ4n) is 0.633. The van der Waals surface area contributed by atoms with Gasteiger partial charge in [-0.15, -0.1) is 0 Å². The molecule has 0 aliphatic rings. The van der Waals surface area contributed by atoms with E-state index in [0.29, 0.717) is 0 Å². The molecule has 0 radical (unpaired) electrons. The van der Waals surface area contributed by atoms with Gasteiger partial charge in [0.1, 0.15) is 12.4 Å².